The maximum absolute atomic E-state index is 14.8. The van der Waals surface area contributed by atoms with Crippen LogP contribution in [0.2, 0.25) is 0 Å². The number of fused-ring (bicyclic) bond motifs is 1. The molecular formula is C26H29F2N3O3. The van der Waals surface area contributed by atoms with Crippen LogP contribution in [0, 0.1) is 36.8 Å². The standard InChI is InChI=1S/C26H29F2N3O3/c1-14-15(2)29-24-23(18-6-5-17(27)10-20(18)28)30-21(11-31(24)25(14)32)16-7-8-34-22(9-16)19-12-33-13-26(19,3)4/h5-6,10-11,16,19,22H,7-9,12-13H2,1-4H3/t16-,19?,22+/m1/s1. The van der Waals surface area contributed by atoms with Gasteiger partial charge in [-0.1, -0.05) is 13.8 Å². The van der Waals surface area contributed by atoms with Gasteiger partial charge in [0.2, 0.25) is 0 Å². The summed E-state index contributed by atoms with van der Waals surface area (Å²) in [5, 5.41) is 0. The second-order valence-corrected chi connectivity index (χ2v) is 10.2. The molecule has 3 atom stereocenters. The predicted molar refractivity (Wildman–Crippen MR) is 124 cm³/mol. The van der Waals surface area contributed by atoms with E-state index in [-0.39, 0.29) is 45.8 Å². The number of benzene rings is 1. The molecule has 2 fully saturated rings. The normalized spacial score (nSPS) is 24.6. The lowest BCUT2D eigenvalue weighted by Crippen LogP contribution is -2.39. The van der Waals surface area contributed by atoms with E-state index >= 15 is 0 Å². The van der Waals surface area contributed by atoms with Gasteiger partial charge < -0.3 is 9.47 Å². The summed E-state index contributed by atoms with van der Waals surface area (Å²) in [7, 11) is 0. The number of hydrogen-bond acceptors (Lipinski definition) is 5. The van der Waals surface area contributed by atoms with E-state index in [1.807, 2.05) is 0 Å². The van der Waals surface area contributed by atoms with Crippen LogP contribution >= 0.6 is 0 Å². The Balaban J connectivity index is 1.64. The first-order chi connectivity index (χ1) is 16.2. The minimum Gasteiger partial charge on any atom is -0.380 e. The van der Waals surface area contributed by atoms with Gasteiger partial charge in [0.05, 0.1) is 25.0 Å². The molecule has 2 aliphatic rings. The molecule has 0 saturated carbocycles. The largest absolute Gasteiger partial charge is 0.380 e. The van der Waals surface area contributed by atoms with Crippen LogP contribution in [0.15, 0.2) is 29.2 Å². The van der Waals surface area contributed by atoms with Crippen LogP contribution in [0.25, 0.3) is 16.9 Å². The molecule has 0 amide bonds. The lowest BCUT2D eigenvalue weighted by Gasteiger charge is -2.37. The molecule has 180 valence electrons. The van der Waals surface area contributed by atoms with Crippen molar-refractivity contribution in [3.8, 4) is 11.3 Å². The minimum absolute atomic E-state index is 0.00866. The molecule has 0 N–H and O–H groups in total. The van der Waals surface area contributed by atoms with Crippen molar-refractivity contribution in [3.63, 3.8) is 0 Å². The average Bonchev–Trinajstić information content (AvgIpc) is 3.16. The van der Waals surface area contributed by atoms with Crippen molar-refractivity contribution in [1.29, 1.82) is 0 Å². The zero-order chi connectivity index (χ0) is 24.2. The molecule has 0 radical (unpaired) electrons. The first kappa shape index (κ1) is 23.1. The van der Waals surface area contributed by atoms with E-state index in [2.05, 4.69) is 18.8 Å². The van der Waals surface area contributed by atoms with Crippen molar-refractivity contribution in [2.75, 3.05) is 19.8 Å². The van der Waals surface area contributed by atoms with Crippen molar-refractivity contribution in [1.82, 2.24) is 14.4 Å². The van der Waals surface area contributed by atoms with Crippen molar-refractivity contribution < 1.29 is 18.3 Å². The van der Waals surface area contributed by atoms with E-state index in [0.29, 0.717) is 36.8 Å². The minimum atomic E-state index is -0.742. The molecule has 6 nitrogen and oxygen atoms in total. The number of hydrogen-bond donors (Lipinski definition) is 0. The van der Waals surface area contributed by atoms with E-state index in [0.717, 1.165) is 18.9 Å². The first-order valence-corrected chi connectivity index (χ1v) is 11.7. The number of ether oxygens (including phenoxy) is 2. The lowest BCUT2D eigenvalue weighted by atomic mass is 9.75. The van der Waals surface area contributed by atoms with Crippen LogP contribution in [-0.2, 0) is 9.47 Å². The van der Waals surface area contributed by atoms with Gasteiger partial charge in [0.15, 0.2) is 5.65 Å². The number of aryl methyl sites for hydroxylation is 1. The number of halogens is 2. The highest BCUT2D eigenvalue weighted by molar-refractivity contribution is 5.74. The Morgan fingerprint density at radius 2 is 1.97 bits per heavy atom. The summed E-state index contributed by atoms with van der Waals surface area (Å²) in [5.74, 6) is -1.13. The summed E-state index contributed by atoms with van der Waals surface area (Å²) >= 11 is 0. The van der Waals surface area contributed by atoms with Gasteiger partial charge in [-0.3, -0.25) is 9.20 Å². The van der Waals surface area contributed by atoms with Gasteiger partial charge in [-0.15, -0.1) is 0 Å². The van der Waals surface area contributed by atoms with Gasteiger partial charge in [-0.25, -0.2) is 18.7 Å². The van der Waals surface area contributed by atoms with Gasteiger partial charge in [0, 0.05) is 47.5 Å². The topological polar surface area (TPSA) is 65.7 Å². The predicted octanol–water partition coefficient (Wildman–Crippen LogP) is 4.59. The third kappa shape index (κ3) is 3.92. The fourth-order valence-corrected chi connectivity index (χ4v) is 5.18. The van der Waals surface area contributed by atoms with E-state index in [4.69, 9.17) is 14.5 Å². The summed E-state index contributed by atoms with van der Waals surface area (Å²) < 4.78 is 41.8. The Labute approximate surface area is 197 Å². The highest BCUT2D eigenvalue weighted by atomic mass is 19.1. The first-order valence-electron chi connectivity index (χ1n) is 11.7. The molecule has 0 spiro atoms. The Kier molecular flexibility index (Phi) is 5.76. The van der Waals surface area contributed by atoms with E-state index in [1.165, 1.54) is 16.5 Å². The SMILES string of the molecule is Cc1nc2c(-c3ccc(F)cc3F)nc([C@@H]3CCO[C@H](C4COCC4(C)C)C3)cn2c(=O)c1C. The molecule has 34 heavy (non-hydrogen) atoms. The smallest absolute Gasteiger partial charge is 0.261 e. The summed E-state index contributed by atoms with van der Waals surface area (Å²) in [6, 6.07) is 3.37. The summed E-state index contributed by atoms with van der Waals surface area (Å²) in [4.78, 5) is 22.5. The van der Waals surface area contributed by atoms with E-state index in [9.17, 15) is 13.6 Å². The van der Waals surface area contributed by atoms with Crippen molar-refractivity contribution in [2.45, 2.75) is 52.6 Å². The molecule has 0 bridgehead atoms. The lowest BCUT2D eigenvalue weighted by molar-refractivity contribution is -0.0498. The molecule has 4 heterocycles. The maximum atomic E-state index is 14.8. The molecule has 2 aromatic heterocycles. The summed E-state index contributed by atoms with van der Waals surface area (Å²) in [6.07, 6.45) is 3.20. The second kappa shape index (κ2) is 8.50. The zero-order valence-electron chi connectivity index (χ0n) is 19.9. The van der Waals surface area contributed by atoms with Crippen LogP contribution in [0.5, 0.6) is 0 Å². The third-order valence-corrected chi connectivity index (χ3v) is 7.44. The monoisotopic (exact) mass is 469 g/mol. The van der Waals surface area contributed by atoms with Crippen LogP contribution in [-0.4, -0.2) is 40.3 Å². The Hall–Kier alpha value is -2.71. The number of nitrogens with zero attached hydrogens (tertiary/aromatic N) is 3. The quantitative estimate of drug-likeness (QED) is 0.562. The average molecular weight is 470 g/mol. The fraction of sp³-hybridized carbons (Fsp3) is 0.500. The van der Waals surface area contributed by atoms with Crippen LogP contribution < -0.4 is 5.56 Å². The molecule has 5 rings (SSSR count). The highest BCUT2D eigenvalue weighted by Gasteiger charge is 2.43. The van der Waals surface area contributed by atoms with Crippen LogP contribution in [0.4, 0.5) is 8.78 Å². The molecule has 8 heteroatoms. The molecule has 1 aromatic carbocycles. The Morgan fingerprint density at radius 1 is 1.18 bits per heavy atom. The fourth-order valence-electron chi connectivity index (χ4n) is 5.18. The molecular weight excluding hydrogens is 440 g/mol. The van der Waals surface area contributed by atoms with Crippen LogP contribution in [0.1, 0.15) is 49.6 Å². The highest BCUT2D eigenvalue weighted by Crippen LogP contribution is 2.42. The Morgan fingerprint density at radius 3 is 2.68 bits per heavy atom. The van der Waals surface area contributed by atoms with E-state index in [1.54, 1.807) is 20.0 Å². The summed E-state index contributed by atoms with van der Waals surface area (Å²) in [5.41, 5.74) is 2.17. The maximum Gasteiger partial charge on any atom is 0.261 e. The van der Waals surface area contributed by atoms with E-state index < -0.39 is 11.6 Å². The van der Waals surface area contributed by atoms with Crippen molar-refractivity contribution >= 4 is 5.65 Å². The van der Waals surface area contributed by atoms with Gasteiger partial charge in [0.25, 0.3) is 5.56 Å². The van der Waals surface area contributed by atoms with Crippen LogP contribution in [0.3, 0.4) is 0 Å². The Bertz CT molecular complexity index is 1320. The van der Waals surface area contributed by atoms with Gasteiger partial charge in [-0.05, 0) is 44.2 Å². The number of rotatable bonds is 3. The molecule has 3 aromatic rings. The zero-order valence-corrected chi connectivity index (χ0v) is 19.9. The van der Waals surface area contributed by atoms with Crippen molar-refractivity contribution in [3.05, 3.63) is 63.3 Å². The molecule has 0 aliphatic carbocycles. The third-order valence-electron chi connectivity index (χ3n) is 7.44. The van der Waals surface area contributed by atoms with Gasteiger partial charge in [0.1, 0.15) is 17.3 Å². The molecule has 2 saturated heterocycles. The van der Waals surface area contributed by atoms with Gasteiger partial charge >= 0.3 is 0 Å². The molecule has 2 aliphatic heterocycles. The van der Waals surface area contributed by atoms with Crippen molar-refractivity contribution in [2.24, 2.45) is 11.3 Å². The number of aromatic nitrogens is 3. The summed E-state index contributed by atoms with van der Waals surface area (Å²) in [6.45, 7) is 9.77. The molecule has 1 unspecified atom stereocenters. The second-order valence-electron chi connectivity index (χ2n) is 10.2. The van der Waals surface area contributed by atoms with Gasteiger partial charge in [-0.2, -0.15) is 0 Å².